The molecule has 270 valence electrons. The number of carbonyl (C=O) groups excluding carboxylic acids is 4. The van der Waals surface area contributed by atoms with Gasteiger partial charge in [0.2, 0.25) is 5.91 Å². The van der Waals surface area contributed by atoms with Crippen LogP contribution >= 0.6 is 0 Å². The zero-order valence-corrected chi connectivity index (χ0v) is 30.0. The molecule has 48 heavy (non-hydrogen) atoms. The van der Waals surface area contributed by atoms with Gasteiger partial charge in [0.15, 0.2) is 11.6 Å². The number of carboxylic acids is 1. The third-order valence-electron chi connectivity index (χ3n) is 13.1. The van der Waals surface area contributed by atoms with Gasteiger partial charge in [-0.3, -0.25) is 28.9 Å². The van der Waals surface area contributed by atoms with Gasteiger partial charge in [-0.2, -0.15) is 0 Å². The van der Waals surface area contributed by atoms with E-state index >= 15 is 0 Å². The minimum Gasteiger partial charge on any atom is -0.481 e. The van der Waals surface area contributed by atoms with Gasteiger partial charge in [-0.15, -0.1) is 0 Å². The standard InChI is InChI=1S/C38H60N2O8/c1-6-9-14-40(15-10-7-2)35(43)30(31(36(44)45)29-24(5)33(41)32(34(29)42)39-16-12-11-13-17-39)28-23(4)25-18-26(28)27(19-25)37(46)48-22-38(8-3)20-47-21-38/h23-32H,6-22H2,1-5H3,(H,44,45). The van der Waals surface area contributed by atoms with Crippen molar-refractivity contribution >= 4 is 29.4 Å². The van der Waals surface area contributed by atoms with E-state index in [-0.39, 0.29) is 46.6 Å². The fraction of sp³-hybridized carbons (Fsp3) is 0.868. The molecule has 2 aliphatic heterocycles. The molecule has 10 unspecified atom stereocenters. The average Bonchev–Trinajstić information content (AvgIpc) is 3.69. The second kappa shape index (κ2) is 15.7. The number of fused-ring (bicyclic) bond motifs is 2. The number of carboxylic acid groups (broad SMARTS) is 1. The predicted molar refractivity (Wildman–Crippen MR) is 180 cm³/mol. The summed E-state index contributed by atoms with van der Waals surface area (Å²) in [5.74, 6) is -7.38. The molecule has 0 aromatic heterocycles. The number of ketones is 2. The van der Waals surface area contributed by atoms with Crippen LogP contribution in [0, 0.1) is 58.7 Å². The highest BCUT2D eigenvalue weighted by molar-refractivity contribution is 6.16. The smallest absolute Gasteiger partial charge is 0.309 e. The summed E-state index contributed by atoms with van der Waals surface area (Å²) in [6.45, 7) is 13.7. The first kappa shape index (κ1) is 36.9. The lowest BCUT2D eigenvalue weighted by molar-refractivity contribution is -0.177. The third kappa shape index (κ3) is 6.99. The van der Waals surface area contributed by atoms with Gasteiger partial charge in [0.25, 0.3) is 0 Å². The normalized spacial score (nSPS) is 34.1. The molecular formula is C38H60N2O8. The van der Waals surface area contributed by atoms with Crippen LogP contribution in [0.3, 0.4) is 0 Å². The van der Waals surface area contributed by atoms with Gasteiger partial charge < -0.3 is 19.5 Å². The van der Waals surface area contributed by atoms with Crippen LogP contribution < -0.4 is 0 Å². The average molecular weight is 673 g/mol. The predicted octanol–water partition coefficient (Wildman–Crippen LogP) is 4.87. The number of hydrogen-bond acceptors (Lipinski definition) is 8. The number of aliphatic carboxylic acids is 1. The summed E-state index contributed by atoms with van der Waals surface area (Å²) in [7, 11) is 0. The molecule has 5 fully saturated rings. The molecule has 10 atom stereocenters. The largest absolute Gasteiger partial charge is 0.481 e. The van der Waals surface area contributed by atoms with Crippen LogP contribution in [-0.2, 0) is 33.4 Å². The lowest BCUT2D eigenvalue weighted by atomic mass is 9.62. The van der Waals surface area contributed by atoms with Crippen LogP contribution in [0.2, 0.25) is 0 Å². The summed E-state index contributed by atoms with van der Waals surface area (Å²) >= 11 is 0. The number of ether oxygens (including phenoxy) is 2. The summed E-state index contributed by atoms with van der Waals surface area (Å²) in [5, 5.41) is 11.1. The molecule has 2 heterocycles. The Bertz CT molecular complexity index is 1180. The van der Waals surface area contributed by atoms with Crippen molar-refractivity contribution < 1.29 is 38.6 Å². The van der Waals surface area contributed by atoms with E-state index in [1.54, 1.807) is 6.92 Å². The van der Waals surface area contributed by atoms with E-state index in [2.05, 4.69) is 27.7 Å². The first-order valence-corrected chi connectivity index (χ1v) is 19.1. The number of nitrogens with zero attached hydrogens (tertiary/aromatic N) is 2. The van der Waals surface area contributed by atoms with Gasteiger partial charge in [0.1, 0.15) is 12.6 Å². The van der Waals surface area contributed by atoms with Crippen molar-refractivity contribution in [3.05, 3.63) is 0 Å². The number of likely N-dealkylation sites (tertiary alicyclic amines) is 1. The van der Waals surface area contributed by atoms with Crippen LogP contribution in [0.4, 0.5) is 0 Å². The molecule has 0 spiro atoms. The number of amides is 1. The van der Waals surface area contributed by atoms with Gasteiger partial charge >= 0.3 is 11.9 Å². The molecule has 3 saturated carbocycles. The molecule has 0 aromatic rings. The summed E-state index contributed by atoms with van der Waals surface area (Å²) < 4.78 is 11.4. The first-order valence-electron chi connectivity index (χ1n) is 19.1. The number of Topliss-reactive ketones (excluding diaryl/α,β-unsaturated/α-hetero) is 2. The quantitative estimate of drug-likeness (QED) is 0.180. The van der Waals surface area contributed by atoms with Crippen molar-refractivity contribution in [2.75, 3.05) is 46.0 Å². The fourth-order valence-electron chi connectivity index (χ4n) is 9.99. The van der Waals surface area contributed by atoms with E-state index < -0.39 is 47.5 Å². The molecular weight excluding hydrogens is 612 g/mol. The number of esters is 1. The summed E-state index contributed by atoms with van der Waals surface area (Å²) in [5.41, 5.74) is -0.150. The van der Waals surface area contributed by atoms with Crippen LogP contribution in [0.15, 0.2) is 0 Å². The Labute approximate surface area is 287 Å². The van der Waals surface area contributed by atoms with Crippen LogP contribution in [-0.4, -0.2) is 96.4 Å². The van der Waals surface area contributed by atoms with Crippen molar-refractivity contribution in [1.82, 2.24) is 9.80 Å². The molecule has 3 aliphatic carbocycles. The Morgan fingerprint density at radius 1 is 0.958 bits per heavy atom. The second-order valence-corrected chi connectivity index (χ2v) is 15.9. The van der Waals surface area contributed by atoms with Crippen LogP contribution in [0.25, 0.3) is 0 Å². The Morgan fingerprint density at radius 2 is 1.60 bits per heavy atom. The second-order valence-electron chi connectivity index (χ2n) is 15.9. The zero-order chi connectivity index (χ0) is 34.7. The van der Waals surface area contributed by atoms with Gasteiger partial charge in [0, 0.05) is 24.9 Å². The lowest BCUT2D eigenvalue weighted by Gasteiger charge is -2.43. The van der Waals surface area contributed by atoms with Gasteiger partial charge in [-0.25, -0.2) is 0 Å². The van der Waals surface area contributed by atoms with E-state index in [0.29, 0.717) is 52.4 Å². The molecule has 1 N–H and O–H groups in total. The highest BCUT2D eigenvalue weighted by atomic mass is 16.5. The maximum Gasteiger partial charge on any atom is 0.309 e. The summed E-state index contributed by atoms with van der Waals surface area (Å²) in [6, 6.07) is -0.944. The van der Waals surface area contributed by atoms with Crippen molar-refractivity contribution in [1.29, 1.82) is 0 Å². The van der Waals surface area contributed by atoms with Crippen LogP contribution in [0.1, 0.15) is 98.8 Å². The number of rotatable bonds is 16. The Kier molecular flexibility index (Phi) is 12.1. The van der Waals surface area contributed by atoms with E-state index in [9.17, 15) is 29.1 Å². The molecule has 5 aliphatic rings. The zero-order valence-electron chi connectivity index (χ0n) is 30.0. The number of hydrogen-bond donors (Lipinski definition) is 1. The molecule has 0 aromatic carbocycles. The summed E-state index contributed by atoms with van der Waals surface area (Å²) in [4.78, 5) is 74.2. The minimum atomic E-state index is -1.34. The molecule has 10 heteroatoms. The number of carbonyl (C=O) groups is 5. The molecule has 10 nitrogen and oxygen atoms in total. The molecule has 5 rings (SSSR count). The molecule has 1 amide bonds. The van der Waals surface area contributed by atoms with Crippen molar-refractivity contribution in [2.45, 2.75) is 105 Å². The van der Waals surface area contributed by atoms with E-state index in [0.717, 1.165) is 57.8 Å². The van der Waals surface area contributed by atoms with Gasteiger partial charge in [0.05, 0.1) is 36.4 Å². The van der Waals surface area contributed by atoms with Gasteiger partial charge in [-0.05, 0) is 81.7 Å². The van der Waals surface area contributed by atoms with E-state index in [1.807, 2.05) is 9.80 Å². The topological polar surface area (TPSA) is 131 Å². The summed E-state index contributed by atoms with van der Waals surface area (Å²) in [6.07, 6.45) is 8.44. The van der Waals surface area contributed by atoms with Crippen molar-refractivity contribution in [3.63, 3.8) is 0 Å². The highest BCUT2D eigenvalue weighted by Gasteiger charge is 2.63. The molecule has 2 saturated heterocycles. The molecule has 0 radical (unpaired) electrons. The Balaban J connectivity index is 1.50. The number of piperidine rings is 1. The van der Waals surface area contributed by atoms with Crippen LogP contribution in [0.5, 0.6) is 0 Å². The third-order valence-corrected chi connectivity index (χ3v) is 13.1. The van der Waals surface area contributed by atoms with E-state index in [1.165, 1.54) is 0 Å². The van der Waals surface area contributed by atoms with E-state index in [4.69, 9.17) is 9.47 Å². The Morgan fingerprint density at radius 3 is 2.12 bits per heavy atom. The fourth-order valence-corrected chi connectivity index (χ4v) is 9.99. The highest BCUT2D eigenvalue weighted by Crippen LogP contribution is 2.60. The maximum atomic E-state index is 15.0. The number of unbranched alkanes of at least 4 members (excludes halogenated alkanes) is 2. The maximum absolute atomic E-state index is 15.0. The first-order chi connectivity index (χ1) is 23.0. The van der Waals surface area contributed by atoms with Crippen molar-refractivity contribution in [2.24, 2.45) is 58.7 Å². The lowest BCUT2D eigenvalue weighted by Crippen LogP contribution is -2.53. The Hall–Kier alpha value is -2.33. The van der Waals surface area contributed by atoms with Crippen molar-refractivity contribution in [3.8, 4) is 0 Å². The minimum absolute atomic E-state index is 0.00327. The monoisotopic (exact) mass is 672 g/mol. The molecule has 2 bridgehead atoms. The SMILES string of the molecule is CCCCN(CCCC)C(=O)C(C(C(=O)O)C1C(=O)C(N2CCCCC2)C(=O)C1C)C1C(C)C2CC(C(=O)OCC3(CC)COC3)C1C2. The van der Waals surface area contributed by atoms with Gasteiger partial charge in [-0.1, -0.05) is 53.9 Å².